The fourth-order valence-corrected chi connectivity index (χ4v) is 5.03. The van der Waals surface area contributed by atoms with E-state index >= 15 is 0 Å². The number of hydrogen-bond donors (Lipinski definition) is 1. The van der Waals surface area contributed by atoms with Gasteiger partial charge in [-0.3, -0.25) is 9.69 Å². The molecule has 2 aliphatic heterocycles. The van der Waals surface area contributed by atoms with Gasteiger partial charge in [0.2, 0.25) is 0 Å². The molecule has 1 N–H and O–H groups in total. The predicted octanol–water partition coefficient (Wildman–Crippen LogP) is 3.72. The van der Waals surface area contributed by atoms with Crippen molar-refractivity contribution in [1.29, 1.82) is 0 Å². The lowest BCUT2D eigenvalue weighted by molar-refractivity contribution is -0.138. The highest BCUT2D eigenvalue weighted by Gasteiger charge is 2.52. The number of amides is 3. The molecule has 1 spiro atoms. The number of anilines is 1. The van der Waals surface area contributed by atoms with Crippen molar-refractivity contribution in [2.24, 2.45) is 5.92 Å². The Kier molecular flexibility index (Phi) is 6.28. The first-order valence-electron chi connectivity index (χ1n) is 10.9. The summed E-state index contributed by atoms with van der Waals surface area (Å²) in [6, 6.07) is 0.544. The summed E-state index contributed by atoms with van der Waals surface area (Å²) in [4.78, 5) is 34.8. The highest BCUT2D eigenvalue weighted by Crippen LogP contribution is 2.37. The van der Waals surface area contributed by atoms with Crippen molar-refractivity contribution in [3.63, 3.8) is 0 Å². The summed E-state index contributed by atoms with van der Waals surface area (Å²) in [6.07, 6.45) is 0.162. The Morgan fingerprint density at radius 3 is 2.56 bits per heavy atom. The van der Waals surface area contributed by atoms with E-state index in [1.54, 1.807) is 0 Å². The lowest BCUT2D eigenvalue weighted by Gasteiger charge is -2.34. The molecule has 4 rings (SSSR count). The minimum Gasteiger partial charge on any atom is -0.354 e. The number of nitrogens with zero attached hydrogens (tertiary/aromatic N) is 4. The fourth-order valence-electron chi connectivity index (χ4n) is 4.74. The largest absolute Gasteiger partial charge is 0.417 e. The van der Waals surface area contributed by atoms with Crippen LogP contribution in [0, 0.1) is 5.92 Å². The maximum absolute atomic E-state index is 13.1. The van der Waals surface area contributed by atoms with E-state index in [1.807, 2.05) is 9.80 Å². The van der Waals surface area contributed by atoms with Gasteiger partial charge in [0, 0.05) is 32.4 Å². The molecule has 3 amide bonds. The van der Waals surface area contributed by atoms with Gasteiger partial charge >= 0.3 is 12.2 Å². The molecule has 11 heteroatoms. The minimum absolute atomic E-state index is 0.0455. The first-order chi connectivity index (χ1) is 15.1. The van der Waals surface area contributed by atoms with Gasteiger partial charge in [-0.05, 0) is 44.1 Å². The number of pyridine rings is 1. The third kappa shape index (κ3) is 4.52. The predicted molar refractivity (Wildman–Crippen MR) is 113 cm³/mol. The summed E-state index contributed by atoms with van der Waals surface area (Å²) in [5.41, 5.74) is -1.65. The van der Waals surface area contributed by atoms with E-state index in [9.17, 15) is 22.8 Å². The molecule has 1 aliphatic carbocycles. The van der Waals surface area contributed by atoms with E-state index in [2.05, 4.69) is 17.2 Å². The van der Waals surface area contributed by atoms with Gasteiger partial charge in [0.25, 0.3) is 5.91 Å². The fraction of sp³-hybridized carbons (Fsp3) is 0.667. The molecule has 7 nitrogen and oxygen atoms in total. The number of aromatic nitrogens is 1. The number of carbonyl (C=O) groups excluding carboxylic acids is 2. The van der Waals surface area contributed by atoms with E-state index in [4.69, 9.17) is 11.6 Å². The van der Waals surface area contributed by atoms with Gasteiger partial charge in [0.15, 0.2) is 0 Å². The molecule has 0 unspecified atom stereocenters. The maximum Gasteiger partial charge on any atom is 0.417 e. The first-order valence-corrected chi connectivity index (χ1v) is 11.3. The van der Waals surface area contributed by atoms with Crippen LogP contribution in [0.5, 0.6) is 0 Å². The molecule has 3 heterocycles. The number of carbonyl (C=O) groups is 2. The van der Waals surface area contributed by atoms with Gasteiger partial charge in [-0.1, -0.05) is 18.5 Å². The third-order valence-corrected chi connectivity index (χ3v) is 7.03. The molecule has 0 aromatic carbocycles. The molecule has 2 saturated heterocycles. The topological polar surface area (TPSA) is 68.8 Å². The normalized spacial score (nSPS) is 27.7. The lowest BCUT2D eigenvalue weighted by Crippen LogP contribution is -2.50. The summed E-state index contributed by atoms with van der Waals surface area (Å²) < 4.78 is 38.6. The minimum atomic E-state index is -4.50. The summed E-state index contributed by atoms with van der Waals surface area (Å²) >= 11 is 6.10. The number of halogens is 4. The quantitative estimate of drug-likeness (QED) is 0.678. The van der Waals surface area contributed by atoms with Crippen LogP contribution < -0.4 is 10.2 Å². The zero-order valence-corrected chi connectivity index (χ0v) is 18.7. The van der Waals surface area contributed by atoms with E-state index in [0.29, 0.717) is 57.2 Å². The number of imide groups is 1. The molecule has 1 aromatic heterocycles. The van der Waals surface area contributed by atoms with Crippen LogP contribution in [0.4, 0.5) is 23.8 Å². The smallest absolute Gasteiger partial charge is 0.354 e. The molecule has 1 saturated carbocycles. The molecule has 3 aliphatic rings. The molecule has 1 aromatic rings. The Hall–Kier alpha value is -2.07. The van der Waals surface area contributed by atoms with Crippen LogP contribution in [0.1, 0.15) is 44.6 Å². The van der Waals surface area contributed by atoms with Crippen LogP contribution in [-0.2, 0) is 11.0 Å². The average Bonchev–Trinajstić information content (AvgIpc) is 2.89. The molecule has 0 atom stereocenters. The summed E-state index contributed by atoms with van der Waals surface area (Å²) in [7, 11) is 0. The lowest BCUT2D eigenvalue weighted by atomic mass is 9.77. The summed E-state index contributed by atoms with van der Waals surface area (Å²) in [5, 5.41) is 2.89. The van der Waals surface area contributed by atoms with E-state index in [1.165, 1.54) is 4.90 Å². The second-order valence-corrected chi connectivity index (χ2v) is 9.46. The Morgan fingerprint density at radius 2 is 1.91 bits per heavy atom. The van der Waals surface area contributed by atoms with Gasteiger partial charge in [0.05, 0.1) is 17.3 Å². The number of rotatable bonds is 3. The Morgan fingerprint density at radius 1 is 1.19 bits per heavy atom. The van der Waals surface area contributed by atoms with Gasteiger partial charge < -0.3 is 10.2 Å². The Labute approximate surface area is 189 Å². The van der Waals surface area contributed by atoms with Crippen LogP contribution in [0.2, 0.25) is 5.02 Å². The molecule has 0 bridgehead atoms. The van der Waals surface area contributed by atoms with Crippen LogP contribution in [0.3, 0.4) is 0 Å². The van der Waals surface area contributed by atoms with Crippen molar-refractivity contribution >= 4 is 29.4 Å². The van der Waals surface area contributed by atoms with Crippen LogP contribution >= 0.6 is 11.6 Å². The first kappa shape index (κ1) is 23.1. The number of urea groups is 1. The second-order valence-electron chi connectivity index (χ2n) is 9.06. The molecule has 176 valence electrons. The molecule has 3 fully saturated rings. The highest BCUT2D eigenvalue weighted by molar-refractivity contribution is 6.33. The number of hydrogen-bond acceptors (Lipinski definition) is 5. The van der Waals surface area contributed by atoms with Crippen molar-refractivity contribution in [2.75, 3.05) is 37.7 Å². The van der Waals surface area contributed by atoms with Crippen molar-refractivity contribution in [1.82, 2.24) is 20.1 Å². The molecular formula is C21H27ClF3N5O2. The maximum atomic E-state index is 13.1. The average molecular weight is 474 g/mol. The van der Waals surface area contributed by atoms with Gasteiger partial charge in [-0.15, -0.1) is 0 Å². The van der Waals surface area contributed by atoms with Crippen molar-refractivity contribution in [3.05, 3.63) is 22.8 Å². The van der Waals surface area contributed by atoms with Gasteiger partial charge in [0.1, 0.15) is 11.4 Å². The van der Waals surface area contributed by atoms with E-state index in [0.717, 1.165) is 25.1 Å². The Balaban J connectivity index is 1.39. The summed E-state index contributed by atoms with van der Waals surface area (Å²) in [5.74, 6) is 0.719. The van der Waals surface area contributed by atoms with E-state index in [-0.39, 0.29) is 23.6 Å². The standard InChI is InChI=1S/C21H27ClF3N5O2/c1-14-3-5-20(6-4-14)18(31)30(19(32)27-20)13-28-7-2-8-29(10-9-28)17-16(22)11-15(12-26-17)21(23,24)25/h11-12,14H,2-10,13H2,1H3,(H,27,32). The van der Waals surface area contributed by atoms with Gasteiger partial charge in [-0.2, -0.15) is 13.2 Å². The van der Waals surface area contributed by atoms with Gasteiger partial charge in [-0.25, -0.2) is 14.7 Å². The molecule has 32 heavy (non-hydrogen) atoms. The highest BCUT2D eigenvalue weighted by atomic mass is 35.5. The zero-order valence-electron chi connectivity index (χ0n) is 17.9. The molecular weight excluding hydrogens is 447 g/mol. The zero-order chi connectivity index (χ0) is 23.1. The Bertz CT molecular complexity index is 889. The molecule has 0 radical (unpaired) electrons. The van der Waals surface area contributed by atoms with Crippen LogP contribution in [0.25, 0.3) is 0 Å². The van der Waals surface area contributed by atoms with Crippen molar-refractivity contribution in [2.45, 2.75) is 50.7 Å². The monoisotopic (exact) mass is 473 g/mol. The SMILES string of the molecule is CC1CCC2(CC1)NC(=O)N(CN1CCCN(c3ncc(C(F)(F)F)cc3Cl)CC1)C2=O. The van der Waals surface area contributed by atoms with Crippen LogP contribution in [-0.4, -0.2) is 65.1 Å². The van der Waals surface area contributed by atoms with Crippen molar-refractivity contribution in [3.8, 4) is 0 Å². The van der Waals surface area contributed by atoms with Crippen LogP contribution in [0.15, 0.2) is 12.3 Å². The van der Waals surface area contributed by atoms with Crippen molar-refractivity contribution < 1.29 is 22.8 Å². The van der Waals surface area contributed by atoms with E-state index < -0.39 is 17.3 Å². The third-order valence-electron chi connectivity index (χ3n) is 6.75. The number of nitrogens with one attached hydrogen (secondary N) is 1. The summed E-state index contributed by atoms with van der Waals surface area (Å²) in [6.45, 7) is 4.58. The number of alkyl halides is 3. The second kappa shape index (κ2) is 8.70.